The number of carbonyl (C=O) groups excluding carboxylic acids is 1. The normalized spacial score (nSPS) is 25.3. The summed E-state index contributed by atoms with van der Waals surface area (Å²) < 4.78 is 5.77. The molecule has 1 aromatic carbocycles. The standard InChI is InChI=1S/C16H17ClN2O2/c17-11-4-5-12-10(8-11)9-13(18-12)16(20)19-6-7-21-15-3-1-2-14(15)19/h4-5,8-9,14-15,18H,1-3,6-7H2/t14-,15-/m0/s1. The largest absolute Gasteiger partial charge is 0.374 e. The Morgan fingerprint density at radius 2 is 2.24 bits per heavy atom. The number of rotatable bonds is 1. The number of H-pyrrole nitrogens is 1. The van der Waals surface area contributed by atoms with Gasteiger partial charge in [0.2, 0.25) is 0 Å². The molecule has 0 spiro atoms. The van der Waals surface area contributed by atoms with E-state index in [0.717, 1.165) is 30.2 Å². The summed E-state index contributed by atoms with van der Waals surface area (Å²) in [5.41, 5.74) is 1.58. The van der Waals surface area contributed by atoms with Gasteiger partial charge in [-0.2, -0.15) is 0 Å². The van der Waals surface area contributed by atoms with Crippen molar-refractivity contribution in [3.8, 4) is 0 Å². The fourth-order valence-electron chi connectivity index (χ4n) is 3.55. The molecule has 2 fully saturated rings. The van der Waals surface area contributed by atoms with Gasteiger partial charge in [-0.1, -0.05) is 11.6 Å². The summed E-state index contributed by atoms with van der Waals surface area (Å²) in [5, 5.41) is 1.66. The minimum Gasteiger partial charge on any atom is -0.374 e. The van der Waals surface area contributed by atoms with Crippen LogP contribution in [0.5, 0.6) is 0 Å². The van der Waals surface area contributed by atoms with Crippen LogP contribution in [0.1, 0.15) is 29.8 Å². The number of halogens is 1. The van der Waals surface area contributed by atoms with E-state index in [0.29, 0.717) is 23.9 Å². The Labute approximate surface area is 128 Å². The third kappa shape index (κ3) is 2.23. The van der Waals surface area contributed by atoms with Gasteiger partial charge >= 0.3 is 0 Å². The van der Waals surface area contributed by atoms with Crippen molar-refractivity contribution < 1.29 is 9.53 Å². The van der Waals surface area contributed by atoms with Crippen LogP contribution in [-0.4, -0.2) is 41.1 Å². The van der Waals surface area contributed by atoms with Crippen LogP contribution < -0.4 is 0 Å². The molecule has 2 atom stereocenters. The summed E-state index contributed by atoms with van der Waals surface area (Å²) >= 11 is 6.00. The molecule has 0 bridgehead atoms. The van der Waals surface area contributed by atoms with Gasteiger partial charge in [0.05, 0.1) is 18.8 Å². The first-order valence-corrected chi connectivity index (χ1v) is 7.81. The van der Waals surface area contributed by atoms with Crippen molar-refractivity contribution in [2.45, 2.75) is 31.4 Å². The lowest BCUT2D eigenvalue weighted by atomic mass is 10.1. The fourth-order valence-corrected chi connectivity index (χ4v) is 3.73. The molecule has 1 saturated carbocycles. The summed E-state index contributed by atoms with van der Waals surface area (Å²) in [6.07, 6.45) is 3.47. The zero-order valence-corrected chi connectivity index (χ0v) is 12.4. The molecule has 21 heavy (non-hydrogen) atoms. The lowest BCUT2D eigenvalue weighted by molar-refractivity contribution is -0.0446. The Balaban J connectivity index is 1.66. The number of fused-ring (bicyclic) bond motifs is 2. The highest BCUT2D eigenvalue weighted by Gasteiger charge is 2.38. The number of benzene rings is 1. The van der Waals surface area contributed by atoms with Crippen molar-refractivity contribution in [3.63, 3.8) is 0 Å². The van der Waals surface area contributed by atoms with Crippen LogP contribution in [0.2, 0.25) is 5.02 Å². The first-order valence-electron chi connectivity index (χ1n) is 7.43. The zero-order chi connectivity index (χ0) is 14.4. The molecule has 1 aliphatic carbocycles. The van der Waals surface area contributed by atoms with Gasteiger partial charge in [0.25, 0.3) is 5.91 Å². The lowest BCUT2D eigenvalue weighted by Gasteiger charge is -2.37. The van der Waals surface area contributed by atoms with Crippen molar-refractivity contribution in [1.29, 1.82) is 0 Å². The number of nitrogens with zero attached hydrogens (tertiary/aromatic N) is 1. The molecule has 1 N–H and O–H groups in total. The highest BCUT2D eigenvalue weighted by Crippen LogP contribution is 2.31. The van der Waals surface area contributed by atoms with E-state index in [9.17, 15) is 4.79 Å². The molecule has 2 heterocycles. The van der Waals surface area contributed by atoms with E-state index in [1.54, 1.807) is 0 Å². The first-order chi connectivity index (χ1) is 10.2. The Hall–Kier alpha value is -1.52. The second kappa shape index (κ2) is 5.04. The molecule has 110 valence electrons. The summed E-state index contributed by atoms with van der Waals surface area (Å²) in [7, 11) is 0. The van der Waals surface area contributed by atoms with Crippen LogP contribution in [0.3, 0.4) is 0 Å². The fraction of sp³-hybridized carbons (Fsp3) is 0.438. The third-order valence-corrected chi connectivity index (χ3v) is 4.79. The first kappa shape index (κ1) is 13.2. The Kier molecular flexibility index (Phi) is 3.16. The molecule has 0 unspecified atom stereocenters. The molecule has 1 amide bonds. The Morgan fingerprint density at radius 1 is 1.33 bits per heavy atom. The number of carbonyl (C=O) groups is 1. The molecule has 2 aliphatic rings. The number of aromatic nitrogens is 1. The van der Waals surface area contributed by atoms with Crippen LogP contribution in [0, 0.1) is 0 Å². The number of morpholine rings is 1. The van der Waals surface area contributed by atoms with Crippen molar-refractivity contribution in [3.05, 3.63) is 35.0 Å². The maximum Gasteiger partial charge on any atom is 0.270 e. The second-order valence-corrected chi connectivity index (χ2v) is 6.26. The van der Waals surface area contributed by atoms with Crippen molar-refractivity contribution >= 4 is 28.4 Å². The molecule has 4 rings (SSSR count). The summed E-state index contributed by atoms with van der Waals surface area (Å²) in [5.74, 6) is 0.0718. The van der Waals surface area contributed by atoms with Gasteiger partial charge in [0, 0.05) is 22.5 Å². The maximum atomic E-state index is 12.8. The molecule has 0 radical (unpaired) electrons. The van der Waals surface area contributed by atoms with Gasteiger partial charge in [-0.05, 0) is 43.5 Å². The highest BCUT2D eigenvalue weighted by molar-refractivity contribution is 6.31. The average Bonchev–Trinajstić information content (AvgIpc) is 3.11. The van der Waals surface area contributed by atoms with Gasteiger partial charge in [-0.3, -0.25) is 4.79 Å². The SMILES string of the molecule is O=C(c1cc2cc(Cl)ccc2[nH]1)N1CCO[C@H]2CCC[C@@H]21. The molecule has 1 saturated heterocycles. The van der Waals surface area contributed by atoms with Gasteiger partial charge in [0.15, 0.2) is 0 Å². The van der Waals surface area contributed by atoms with E-state index in [2.05, 4.69) is 4.98 Å². The summed E-state index contributed by atoms with van der Waals surface area (Å²) in [6.45, 7) is 1.31. The monoisotopic (exact) mass is 304 g/mol. The second-order valence-electron chi connectivity index (χ2n) is 5.82. The van der Waals surface area contributed by atoms with Crippen LogP contribution in [0.15, 0.2) is 24.3 Å². The van der Waals surface area contributed by atoms with Crippen molar-refractivity contribution in [2.75, 3.05) is 13.2 Å². The van der Waals surface area contributed by atoms with Crippen LogP contribution in [-0.2, 0) is 4.74 Å². The van der Waals surface area contributed by atoms with Gasteiger partial charge in [-0.15, -0.1) is 0 Å². The highest BCUT2D eigenvalue weighted by atomic mass is 35.5. The van der Waals surface area contributed by atoms with Crippen molar-refractivity contribution in [1.82, 2.24) is 9.88 Å². The topological polar surface area (TPSA) is 45.3 Å². The number of hydrogen-bond donors (Lipinski definition) is 1. The third-order valence-electron chi connectivity index (χ3n) is 4.56. The van der Waals surface area contributed by atoms with E-state index < -0.39 is 0 Å². The minimum atomic E-state index is 0.0718. The van der Waals surface area contributed by atoms with E-state index in [-0.39, 0.29) is 18.1 Å². The molecule has 1 aliphatic heterocycles. The molecule has 2 aromatic rings. The van der Waals surface area contributed by atoms with Crippen LogP contribution >= 0.6 is 11.6 Å². The number of ether oxygens (including phenoxy) is 1. The molecular formula is C16H17ClN2O2. The smallest absolute Gasteiger partial charge is 0.270 e. The average molecular weight is 305 g/mol. The van der Waals surface area contributed by atoms with Crippen molar-refractivity contribution in [2.24, 2.45) is 0 Å². The minimum absolute atomic E-state index is 0.0718. The predicted octanol–water partition coefficient (Wildman–Crippen LogP) is 3.21. The lowest BCUT2D eigenvalue weighted by Crippen LogP contribution is -2.51. The Morgan fingerprint density at radius 3 is 3.14 bits per heavy atom. The van der Waals surface area contributed by atoms with Gasteiger partial charge in [0.1, 0.15) is 5.69 Å². The zero-order valence-electron chi connectivity index (χ0n) is 11.6. The molecule has 5 heteroatoms. The van der Waals surface area contributed by atoms with E-state index in [1.807, 2.05) is 29.2 Å². The van der Waals surface area contributed by atoms with Gasteiger partial charge < -0.3 is 14.6 Å². The maximum absolute atomic E-state index is 12.8. The summed E-state index contributed by atoms with van der Waals surface area (Å²) in [6, 6.07) is 7.74. The molecule has 1 aromatic heterocycles. The summed E-state index contributed by atoms with van der Waals surface area (Å²) in [4.78, 5) is 18.0. The van der Waals surface area contributed by atoms with E-state index >= 15 is 0 Å². The van der Waals surface area contributed by atoms with Gasteiger partial charge in [-0.25, -0.2) is 0 Å². The van der Waals surface area contributed by atoms with E-state index in [1.165, 1.54) is 0 Å². The Bertz CT molecular complexity index is 697. The number of aromatic amines is 1. The van der Waals surface area contributed by atoms with E-state index in [4.69, 9.17) is 16.3 Å². The quantitative estimate of drug-likeness (QED) is 0.879. The van der Waals surface area contributed by atoms with Crippen LogP contribution in [0.25, 0.3) is 10.9 Å². The molecule has 4 nitrogen and oxygen atoms in total. The van der Waals surface area contributed by atoms with Crippen LogP contribution in [0.4, 0.5) is 0 Å². The predicted molar refractivity (Wildman–Crippen MR) is 81.7 cm³/mol. The molecular weight excluding hydrogens is 288 g/mol. The number of amides is 1. The number of nitrogens with one attached hydrogen (secondary N) is 1. The number of hydrogen-bond acceptors (Lipinski definition) is 2.